The van der Waals surface area contributed by atoms with E-state index in [0.29, 0.717) is 0 Å². The summed E-state index contributed by atoms with van der Waals surface area (Å²) in [5, 5.41) is 0. The normalized spacial score (nSPS) is 13.5. The Morgan fingerprint density at radius 1 is 1.36 bits per heavy atom. The molecular formula is C3H4ClF3O3S. The first kappa shape index (κ1) is 11.0. The Bertz CT molecular complexity index is 208. The molecule has 0 aromatic heterocycles. The standard InChI is InChI=1S/C3H4ClF3O3S/c4-11(8,9)10-2-1-3(5,6)7/h1-2H2. The first-order valence-electron chi connectivity index (χ1n) is 2.36. The Morgan fingerprint density at radius 2 is 1.82 bits per heavy atom. The molecule has 0 N–H and O–H groups in total. The van der Waals surface area contributed by atoms with Crippen LogP contribution in [0.15, 0.2) is 0 Å². The topological polar surface area (TPSA) is 43.4 Å². The summed E-state index contributed by atoms with van der Waals surface area (Å²) in [7, 11) is 0.170. The molecule has 0 fully saturated rings. The summed E-state index contributed by atoms with van der Waals surface area (Å²) >= 11 is 0. The minimum Gasteiger partial charge on any atom is -0.258 e. The fourth-order valence-electron chi connectivity index (χ4n) is 0.257. The molecule has 0 saturated carbocycles. The van der Waals surface area contributed by atoms with Crippen molar-refractivity contribution in [2.24, 2.45) is 0 Å². The van der Waals surface area contributed by atoms with Crippen LogP contribution in [0.2, 0.25) is 0 Å². The van der Waals surface area contributed by atoms with Crippen LogP contribution >= 0.6 is 10.7 Å². The molecule has 0 aliphatic carbocycles. The van der Waals surface area contributed by atoms with Crippen molar-refractivity contribution in [3.05, 3.63) is 0 Å². The highest BCUT2D eigenvalue weighted by molar-refractivity contribution is 8.09. The maximum Gasteiger partial charge on any atom is 0.391 e. The fourth-order valence-corrected chi connectivity index (χ4v) is 0.728. The van der Waals surface area contributed by atoms with Gasteiger partial charge in [0.2, 0.25) is 0 Å². The predicted octanol–water partition coefficient (Wildman–Crippen LogP) is 1.44. The molecule has 0 rings (SSSR count). The average molecular weight is 213 g/mol. The summed E-state index contributed by atoms with van der Waals surface area (Å²) in [6, 6.07) is 0. The highest BCUT2D eigenvalue weighted by Gasteiger charge is 2.27. The number of hydrogen-bond donors (Lipinski definition) is 0. The van der Waals surface area contributed by atoms with Crippen LogP contribution in [-0.2, 0) is 13.5 Å². The van der Waals surface area contributed by atoms with Gasteiger partial charge in [-0.3, -0.25) is 4.18 Å². The Balaban J connectivity index is 3.61. The minimum absolute atomic E-state index is 0.977. The van der Waals surface area contributed by atoms with Gasteiger partial charge < -0.3 is 0 Å². The van der Waals surface area contributed by atoms with Gasteiger partial charge >= 0.3 is 15.5 Å². The third kappa shape index (κ3) is 9.99. The summed E-state index contributed by atoms with van der Waals surface area (Å²) in [6.45, 7) is -0.977. The minimum atomic E-state index is -4.43. The van der Waals surface area contributed by atoms with E-state index in [1.807, 2.05) is 0 Å². The van der Waals surface area contributed by atoms with Crippen molar-refractivity contribution in [3.8, 4) is 0 Å². The summed E-state index contributed by atoms with van der Waals surface area (Å²) in [5.74, 6) is 0. The van der Waals surface area contributed by atoms with Crippen LogP contribution in [0.25, 0.3) is 0 Å². The SMILES string of the molecule is O=S(=O)(Cl)OCCC(F)(F)F. The van der Waals surface area contributed by atoms with Gasteiger partial charge in [0.15, 0.2) is 0 Å². The van der Waals surface area contributed by atoms with E-state index in [-0.39, 0.29) is 0 Å². The molecule has 8 heteroatoms. The van der Waals surface area contributed by atoms with Gasteiger partial charge in [0.1, 0.15) is 0 Å². The zero-order valence-corrected chi connectivity index (χ0v) is 6.63. The van der Waals surface area contributed by atoms with Crippen LogP contribution in [0.3, 0.4) is 0 Å². The molecule has 0 aromatic rings. The van der Waals surface area contributed by atoms with Crippen LogP contribution in [0.5, 0.6) is 0 Å². The summed E-state index contributed by atoms with van der Waals surface area (Å²) in [4.78, 5) is 0. The first-order chi connectivity index (χ1) is 4.71. The van der Waals surface area contributed by atoms with Gasteiger partial charge in [0, 0.05) is 10.7 Å². The van der Waals surface area contributed by atoms with Crippen molar-refractivity contribution in [2.45, 2.75) is 12.6 Å². The summed E-state index contributed by atoms with van der Waals surface area (Å²) in [6.07, 6.45) is -5.76. The highest BCUT2D eigenvalue weighted by atomic mass is 35.7. The second kappa shape index (κ2) is 3.59. The van der Waals surface area contributed by atoms with Crippen LogP contribution in [0.1, 0.15) is 6.42 Å². The van der Waals surface area contributed by atoms with Crippen molar-refractivity contribution < 1.29 is 25.8 Å². The molecule has 11 heavy (non-hydrogen) atoms. The molecule has 0 unspecified atom stereocenters. The molecular weight excluding hydrogens is 209 g/mol. The predicted molar refractivity (Wildman–Crippen MR) is 31.4 cm³/mol. The molecule has 0 aliphatic rings. The lowest BCUT2D eigenvalue weighted by molar-refractivity contribution is -0.139. The third-order valence-corrected chi connectivity index (χ3v) is 1.33. The lowest BCUT2D eigenvalue weighted by Gasteiger charge is -2.03. The molecule has 0 spiro atoms. The van der Waals surface area contributed by atoms with Crippen molar-refractivity contribution in [1.82, 2.24) is 0 Å². The van der Waals surface area contributed by atoms with E-state index in [1.165, 1.54) is 0 Å². The number of rotatable bonds is 3. The van der Waals surface area contributed by atoms with Gasteiger partial charge in [-0.2, -0.15) is 21.6 Å². The maximum absolute atomic E-state index is 11.3. The summed E-state index contributed by atoms with van der Waals surface area (Å²) in [5.41, 5.74) is 0. The van der Waals surface area contributed by atoms with Crippen LogP contribution in [-0.4, -0.2) is 21.2 Å². The molecule has 0 amide bonds. The largest absolute Gasteiger partial charge is 0.391 e. The van der Waals surface area contributed by atoms with Crippen molar-refractivity contribution in [3.63, 3.8) is 0 Å². The lowest BCUT2D eigenvalue weighted by atomic mass is 10.5. The Labute approximate surface area is 65.7 Å². The van der Waals surface area contributed by atoms with Gasteiger partial charge in [-0.05, 0) is 0 Å². The van der Waals surface area contributed by atoms with E-state index < -0.39 is 28.5 Å². The van der Waals surface area contributed by atoms with E-state index in [0.717, 1.165) is 0 Å². The van der Waals surface area contributed by atoms with Crippen LogP contribution < -0.4 is 0 Å². The van der Waals surface area contributed by atoms with E-state index >= 15 is 0 Å². The van der Waals surface area contributed by atoms with Gasteiger partial charge in [-0.25, -0.2) is 0 Å². The Morgan fingerprint density at radius 3 is 2.09 bits per heavy atom. The van der Waals surface area contributed by atoms with E-state index in [9.17, 15) is 21.6 Å². The van der Waals surface area contributed by atoms with Crippen LogP contribution in [0, 0.1) is 0 Å². The third-order valence-electron chi connectivity index (χ3n) is 0.610. The molecule has 68 valence electrons. The van der Waals surface area contributed by atoms with Gasteiger partial charge in [-0.1, -0.05) is 0 Å². The van der Waals surface area contributed by atoms with Crippen molar-refractivity contribution in [1.29, 1.82) is 0 Å². The van der Waals surface area contributed by atoms with E-state index in [2.05, 4.69) is 14.9 Å². The molecule has 0 bridgehead atoms. The quantitative estimate of drug-likeness (QED) is 0.665. The first-order valence-corrected chi connectivity index (χ1v) is 4.60. The molecule has 0 saturated heterocycles. The van der Waals surface area contributed by atoms with Gasteiger partial charge in [-0.15, -0.1) is 0 Å². The molecule has 0 aromatic carbocycles. The van der Waals surface area contributed by atoms with Gasteiger partial charge in [0.25, 0.3) is 0 Å². The van der Waals surface area contributed by atoms with Crippen molar-refractivity contribution >= 4 is 20.0 Å². The Hall–Kier alpha value is -0.0100. The maximum atomic E-state index is 11.3. The molecule has 0 radical (unpaired) electrons. The molecule has 0 atom stereocenters. The van der Waals surface area contributed by atoms with Gasteiger partial charge in [0.05, 0.1) is 13.0 Å². The monoisotopic (exact) mass is 212 g/mol. The van der Waals surface area contributed by atoms with Crippen LogP contribution in [0.4, 0.5) is 13.2 Å². The zero-order chi connectivity index (χ0) is 9.12. The molecule has 0 aliphatic heterocycles. The van der Waals surface area contributed by atoms with E-state index in [4.69, 9.17) is 0 Å². The highest BCUT2D eigenvalue weighted by Crippen LogP contribution is 2.19. The van der Waals surface area contributed by atoms with Crippen molar-refractivity contribution in [2.75, 3.05) is 6.61 Å². The average Bonchev–Trinajstić information content (AvgIpc) is 1.55. The number of alkyl halides is 3. The lowest BCUT2D eigenvalue weighted by Crippen LogP contribution is -2.12. The van der Waals surface area contributed by atoms with E-state index in [1.54, 1.807) is 0 Å². The molecule has 0 heterocycles. The summed E-state index contributed by atoms with van der Waals surface area (Å²) < 4.78 is 57.3. The smallest absolute Gasteiger partial charge is 0.258 e. The fraction of sp³-hybridized carbons (Fsp3) is 1.00. The number of hydrogen-bond acceptors (Lipinski definition) is 3. The second-order valence-electron chi connectivity index (χ2n) is 1.58. The molecule has 3 nitrogen and oxygen atoms in total. The number of halogens is 4. The zero-order valence-electron chi connectivity index (χ0n) is 5.06. The Kier molecular flexibility index (Phi) is 3.59. The second-order valence-corrected chi connectivity index (χ2v) is 3.74.